The van der Waals surface area contributed by atoms with Crippen LogP contribution in [0.15, 0.2) is 12.4 Å². The van der Waals surface area contributed by atoms with Gasteiger partial charge in [0.1, 0.15) is 5.82 Å². The van der Waals surface area contributed by atoms with Gasteiger partial charge in [0.05, 0.1) is 17.8 Å². The van der Waals surface area contributed by atoms with Crippen molar-refractivity contribution in [1.82, 2.24) is 14.9 Å². The minimum Gasteiger partial charge on any atom is -0.350 e. The molecule has 2 fully saturated rings. The van der Waals surface area contributed by atoms with Crippen molar-refractivity contribution in [3.63, 3.8) is 0 Å². The Morgan fingerprint density at radius 1 is 1.39 bits per heavy atom. The van der Waals surface area contributed by atoms with Gasteiger partial charge in [-0.05, 0) is 26.3 Å². The Labute approximate surface area is 113 Å². The number of rotatable bonds is 2. The van der Waals surface area contributed by atoms with E-state index in [2.05, 4.69) is 26.7 Å². The van der Waals surface area contributed by atoms with E-state index in [0.717, 1.165) is 24.6 Å². The SMILES string of the molecule is CC1CN2CCCC2CN1c1cncc(CCl)n1. The molecule has 0 saturated carbocycles. The number of fused-ring (bicyclic) bond motifs is 1. The number of halogens is 1. The Morgan fingerprint density at radius 2 is 2.28 bits per heavy atom. The zero-order valence-corrected chi connectivity index (χ0v) is 11.5. The lowest BCUT2D eigenvalue weighted by Gasteiger charge is -2.42. The maximum Gasteiger partial charge on any atom is 0.147 e. The highest BCUT2D eigenvalue weighted by molar-refractivity contribution is 6.16. The molecule has 3 rings (SSSR count). The first-order chi connectivity index (χ1) is 8.78. The average molecular weight is 267 g/mol. The minimum atomic E-state index is 0.429. The van der Waals surface area contributed by atoms with Crippen LogP contribution in [0.4, 0.5) is 5.82 Å². The Balaban J connectivity index is 1.81. The van der Waals surface area contributed by atoms with Crippen LogP contribution in [-0.2, 0) is 5.88 Å². The summed E-state index contributed by atoms with van der Waals surface area (Å²) in [4.78, 5) is 13.8. The van der Waals surface area contributed by atoms with E-state index < -0.39 is 0 Å². The molecule has 98 valence electrons. The smallest absolute Gasteiger partial charge is 0.147 e. The highest BCUT2D eigenvalue weighted by Gasteiger charge is 2.34. The standard InChI is InChI=1S/C13H19ClN4/c1-10-8-17-4-2-3-12(17)9-18(10)13-7-15-6-11(5-14)16-13/h6-7,10,12H,2-5,8-9H2,1H3. The first-order valence-corrected chi connectivity index (χ1v) is 7.19. The molecule has 3 heterocycles. The largest absolute Gasteiger partial charge is 0.350 e. The summed E-state index contributed by atoms with van der Waals surface area (Å²) in [5.41, 5.74) is 0.857. The van der Waals surface area contributed by atoms with Gasteiger partial charge in [-0.15, -0.1) is 11.6 Å². The second-order valence-electron chi connectivity index (χ2n) is 5.29. The van der Waals surface area contributed by atoms with Crippen LogP contribution in [-0.4, -0.2) is 46.6 Å². The second kappa shape index (κ2) is 5.02. The fourth-order valence-corrected chi connectivity index (χ4v) is 3.23. The number of hydrogen-bond acceptors (Lipinski definition) is 4. The fraction of sp³-hybridized carbons (Fsp3) is 0.692. The van der Waals surface area contributed by atoms with E-state index >= 15 is 0 Å². The Kier molecular flexibility index (Phi) is 3.39. The highest BCUT2D eigenvalue weighted by atomic mass is 35.5. The van der Waals surface area contributed by atoms with Gasteiger partial charge in [-0.2, -0.15) is 0 Å². The van der Waals surface area contributed by atoms with Gasteiger partial charge in [0.15, 0.2) is 0 Å². The Morgan fingerprint density at radius 3 is 3.11 bits per heavy atom. The molecule has 18 heavy (non-hydrogen) atoms. The predicted molar refractivity (Wildman–Crippen MR) is 73.0 cm³/mol. The van der Waals surface area contributed by atoms with Crippen LogP contribution in [0, 0.1) is 0 Å². The summed E-state index contributed by atoms with van der Waals surface area (Å²) >= 11 is 5.83. The van der Waals surface area contributed by atoms with Crippen molar-refractivity contribution in [3.05, 3.63) is 18.1 Å². The van der Waals surface area contributed by atoms with Gasteiger partial charge in [0.2, 0.25) is 0 Å². The van der Waals surface area contributed by atoms with E-state index in [-0.39, 0.29) is 0 Å². The molecular weight excluding hydrogens is 248 g/mol. The summed E-state index contributed by atoms with van der Waals surface area (Å²) in [5.74, 6) is 1.41. The predicted octanol–water partition coefficient (Wildman–Crippen LogP) is 1.89. The van der Waals surface area contributed by atoms with Crippen LogP contribution in [0.25, 0.3) is 0 Å². The number of hydrogen-bond donors (Lipinski definition) is 0. The second-order valence-corrected chi connectivity index (χ2v) is 5.56. The van der Waals surface area contributed by atoms with Crippen molar-refractivity contribution < 1.29 is 0 Å². The van der Waals surface area contributed by atoms with E-state index in [0.29, 0.717) is 18.0 Å². The van der Waals surface area contributed by atoms with Gasteiger partial charge in [-0.25, -0.2) is 4.98 Å². The normalized spacial score (nSPS) is 28.4. The molecule has 2 saturated heterocycles. The third-order valence-corrected chi connectivity index (χ3v) is 4.31. The van der Waals surface area contributed by atoms with Crippen molar-refractivity contribution in [2.24, 2.45) is 0 Å². The number of anilines is 1. The van der Waals surface area contributed by atoms with E-state index in [1.54, 1.807) is 6.20 Å². The average Bonchev–Trinajstić information content (AvgIpc) is 2.85. The quantitative estimate of drug-likeness (QED) is 0.766. The topological polar surface area (TPSA) is 32.3 Å². The van der Waals surface area contributed by atoms with Crippen LogP contribution < -0.4 is 4.90 Å². The number of piperazine rings is 1. The zero-order valence-electron chi connectivity index (χ0n) is 10.7. The molecule has 1 aromatic rings. The summed E-state index contributed by atoms with van der Waals surface area (Å²) in [6.07, 6.45) is 6.24. The van der Waals surface area contributed by atoms with Gasteiger partial charge in [-0.1, -0.05) is 0 Å². The van der Waals surface area contributed by atoms with Crippen molar-refractivity contribution in [1.29, 1.82) is 0 Å². The molecule has 2 atom stereocenters. The molecule has 0 amide bonds. The molecule has 0 N–H and O–H groups in total. The van der Waals surface area contributed by atoms with Crippen LogP contribution >= 0.6 is 11.6 Å². The zero-order chi connectivity index (χ0) is 12.5. The highest BCUT2D eigenvalue weighted by Crippen LogP contribution is 2.27. The molecule has 0 spiro atoms. The van der Waals surface area contributed by atoms with Crippen molar-refractivity contribution in [3.8, 4) is 0 Å². The van der Waals surface area contributed by atoms with Crippen LogP contribution in [0.1, 0.15) is 25.5 Å². The lowest BCUT2D eigenvalue weighted by atomic mass is 10.1. The summed E-state index contributed by atoms with van der Waals surface area (Å²) in [6, 6.07) is 1.20. The first kappa shape index (κ1) is 12.2. The number of alkyl halides is 1. The molecule has 0 bridgehead atoms. The number of nitrogens with zero attached hydrogens (tertiary/aromatic N) is 4. The van der Waals surface area contributed by atoms with Crippen molar-refractivity contribution in [2.75, 3.05) is 24.5 Å². The summed E-state index contributed by atoms with van der Waals surface area (Å²) in [7, 11) is 0. The van der Waals surface area contributed by atoms with Gasteiger partial charge in [0, 0.05) is 31.4 Å². The minimum absolute atomic E-state index is 0.429. The maximum absolute atomic E-state index is 5.83. The molecule has 1 aromatic heterocycles. The first-order valence-electron chi connectivity index (χ1n) is 6.65. The van der Waals surface area contributed by atoms with Crippen molar-refractivity contribution in [2.45, 2.75) is 37.7 Å². The molecule has 0 aliphatic carbocycles. The lowest BCUT2D eigenvalue weighted by Crippen LogP contribution is -2.55. The maximum atomic E-state index is 5.83. The van der Waals surface area contributed by atoms with Gasteiger partial charge >= 0.3 is 0 Å². The molecule has 4 nitrogen and oxygen atoms in total. The van der Waals surface area contributed by atoms with Gasteiger partial charge < -0.3 is 4.90 Å². The van der Waals surface area contributed by atoms with Crippen LogP contribution in [0.5, 0.6) is 0 Å². The van der Waals surface area contributed by atoms with E-state index in [1.165, 1.54) is 19.4 Å². The monoisotopic (exact) mass is 266 g/mol. The summed E-state index contributed by atoms with van der Waals surface area (Å²) < 4.78 is 0. The van der Waals surface area contributed by atoms with Crippen LogP contribution in [0.2, 0.25) is 0 Å². The Hall–Kier alpha value is -0.870. The molecule has 2 aliphatic heterocycles. The Bertz CT molecular complexity index is 425. The summed E-state index contributed by atoms with van der Waals surface area (Å²) in [6.45, 7) is 5.73. The third kappa shape index (κ3) is 2.19. The van der Waals surface area contributed by atoms with Gasteiger partial charge in [-0.3, -0.25) is 9.88 Å². The molecule has 5 heteroatoms. The lowest BCUT2D eigenvalue weighted by molar-refractivity contribution is 0.202. The van der Waals surface area contributed by atoms with Gasteiger partial charge in [0.25, 0.3) is 0 Å². The molecule has 2 aliphatic rings. The van der Waals surface area contributed by atoms with Crippen molar-refractivity contribution >= 4 is 17.4 Å². The third-order valence-electron chi connectivity index (χ3n) is 4.04. The van der Waals surface area contributed by atoms with E-state index in [9.17, 15) is 0 Å². The number of aromatic nitrogens is 2. The molecule has 0 radical (unpaired) electrons. The van der Waals surface area contributed by atoms with E-state index in [4.69, 9.17) is 11.6 Å². The summed E-state index contributed by atoms with van der Waals surface area (Å²) in [5, 5.41) is 0. The van der Waals surface area contributed by atoms with E-state index in [1.807, 2.05) is 6.20 Å². The fourth-order valence-electron chi connectivity index (χ4n) is 3.10. The molecular formula is C13H19ClN4. The van der Waals surface area contributed by atoms with Crippen LogP contribution in [0.3, 0.4) is 0 Å². The molecule has 2 unspecified atom stereocenters. The molecule has 0 aromatic carbocycles.